The summed E-state index contributed by atoms with van der Waals surface area (Å²) in [4.78, 5) is 37.5. The van der Waals surface area contributed by atoms with Gasteiger partial charge in [0.05, 0.1) is 6.61 Å². The van der Waals surface area contributed by atoms with Gasteiger partial charge in [0, 0.05) is 37.9 Å². The molecule has 0 unspecified atom stereocenters. The van der Waals surface area contributed by atoms with E-state index in [1.807, 2.05) is 30.3 Å². The molecule has 1 saturated heterocycles. The van der Waals surface area contributed by atoms with Gasteiger partial charge in [-0.15, -0.1) is 0 Å². The van der Waals surface area contributed by atoms with Crippen molar-refractivity contribution in [3.63, 3.8) is 0 Å². The molecule has 28 heavy (non-hydrogen) atoms. The third kappa shape index (κ3) is 5.28. The van der Waals surface area contributed by atoms with E-state index in [1.165, 1.54) is 0 Å². The molecule has 0 radical (unpaired) electrons. The first-order chi connectivity index (χ1) is 13.7. The summed E-state index contributed by atoms with van der Waals surface area (Å²) in [6, 6.07) is 11.5. The number of carbonyl (C=O) groups is 2. The van der Waals surface area contributed by atoms with Crippen LogP contribution in [0.5, 0.6) is 0 Å². The number of hydrogen-bond donors (Lipinski definition) is 0. The monoisotopic (exact) mass is 382 g/mol. The minimum absolute atomic E-state index is 0.00513. The molecule has 0 aliphatic carbocycles. The van der Waals surface area contributed by atoms with Crippen molar-refractivity contribution in [2.45, 2.75) is 26.3 Å². The lowest BCUT2D eigenvalue weighted by Crippen LogP contribution is -2.44. The fraction of sp³-hybridized carbons (Fsp3) is 0.429. The van der Waals surface area contributed by atoms with Gasteiger partial charge in [-0.1, -0.05) is 30.3 Å². The third-order valence-electron chi connectivity index (χ3n) is 4.83. The molecule has 0 saturated carbocycles. The second kappa shape index (κ2) is 9.82. The summed E-state index contributed by atoms with van der Waals surface area (Å²) in [5.74, 6) is 0.214. The number of aromatic nitrogens is 2. The standard InChI is InChI=1S/C21H26N4O3/c1-2-28-19(26)16-25(15-17-7-4-3-5-8-17)20(27)18-9-13-24(14-10-18)21-22-11-6-12-23-21/h3-8,11-12,18H,2,9-10,13-16H2,1H3. The fourth-order valence-electron chi connectivity index (χ4n) is 3.42. The molecule has 1 aliphatic heterocycles. The summed E-state index contributed by atoms with van der Waals surface area (Å²) in [6.45, 7) is 3.90. The fourth-order valence-corrected chi connectivity index (χ4v) is 3.42. The molecule has 7 nitrogen and oxygen atoms in total. The van der Waals surface area contributed by atoms with Crippen molar-refractivity contribution in [3.8, 4) is 0 Å². The average Bonchev–Trinajstić information content (AvgIpc) is 2.74. The molecule has 0 spiro atoms. The summed E-state index contributed by atoms with van der Waals surface area (Å²) < 4.78 is 5.06. The topological polar surface area (TPSA) is 75.6 Å². The Labute approximate surface area is 165 Å². The highest BCUT2D eigenvalue weighted by atomic mass is 16.5. The Hall–Kier alpha value is -2.96. The zero-order valence-corrected chi connectivity index (χ0v) is 16.2. The van der Waals surface area contributed by atoms with Crippen LogP contribution in [0.25, 0.3) is 0 Å². The first kappa shape index (κ1) is 19.8. The largest absolute Gasteiger partial charge is 0.465 e. The maximum atomic E-state index is 13.2. The van der Waals surface area contributed by atoms with Crippen LogP contribution in [0.1, 0.15) is 25.3 Å². The maximum absolute atomic E-state index is 13.2. The molecule has 2 aromatic rings. The number of nitrogens with zero attached hydrogens (tertiary/aromatic N) is 4. The zero-order valence-electron chi connectivity index (χ0n) is 16.2. The first-order valence-corrected chi connectivity index (χ1v) is 9.67. The van der Waals surface area contributed by atoms with E-state index >= 15 is 0 Å². The van der Waals surface area contributed by atoms with E-state index in [1.54, 1.807) is 30.3 Å². The van der Waals surface area contributed by atoms with Gasteiger partial charge in [0.2, 0.25) is 11.9 Å². The Morgan fingerprint density at radius 1 is 1.11 bits per heavy atom. The lowest BCUT2D eigenvalue weighted by molar-refractivity contribution is -0.151. The van der Waals surface area contributed by atoms with Gasteiger partial charge in [-0.3, -0.25) is 9.59 Å². The predicted molar refractivity (Wildman–Crippen MR) is 105 cm³/mol. The van der Waals surface area contributed by atoms with Crippen molar-refractivity contribution >= 4 is 17.8 Å². The lowest BCUT2D eigenvalue weighted by Gasteiger charge is -2.34. The van der Waals surface area contributed by atoms with Crippen LogP contribution in [0.3, 0.4) is 0 Å². The van der Waals surface area contributed by atoms with Crippen LogP contribution in [0.4, 0.5) is 5.95 Å². The van der Waals surface area contributed by atoms with Gasteiger partial charge in [-0.2, -0.15) is 0 Å². The normalized spacial score (nSPS) is 14.5. The lowest BCUT2D eigenvalue weighted by atomic mass is 9.95. The second-order valence-corrected chi connectivity index (χ2v) is 6.80. The van der Waals surface area contributed by atoms with Crippen LogP contribution >= 0.6 is 0 Å². The van der Waals surface area contributed by atoms with Crippen molar-refractivity contribution in [1.82, 2.24) is 14.9 Å². The van der Waals surface area contributed by atoms with Crippen LogP contribution in [-0.2, 0) is 20.9 Å². The van der Waals surface area contributed by atoms with E-state index < -0.39 is 0 Å². The van der Waals surface area contributed by atoms with Gasteiger partial charge < -0.3 is 14.5 Å². The molecule has 1 aromatic carbocycles. The molecule has 1 fully saturated rings. The van der Waals surface area contributed by atoms with Gasteiger partial charge in [0.1, 0.15) is 6.54 Å². The van der Waals surface area contributed by atoms with Gasteiger partial charge in [-0.25, -0.2) is 9.97 Å². The van der Waals surface area contributed by atoms with Crippen molar-refractivity contribution in [2.24, 2.45) is 5.92 Å². The Morgan fingerprint density at radius 3 is 2.43 bits per heavy atom. The second-order valence-electron chi connectivity index (χ2n) is 6.80. The highest BCUT2D eigenvalue weighted by Gasteiger charge is 2.30. The minimum Gasteiger partial charge on any atom is -0.465 e. The highest BCUT2D eigenvalue weighted by Crippen LogP contribution is 2.23. The molecule has 1 aliphatic rings. The van der Waals surface area contributed by atoms with E-state index in [0.29, 0.717) is 31.9 Å². The van der Waals surface area contributed by atoms with Gasteiger partial charge in [-0.05, 0) is 31.4 Å². The number of piperidine rings is 1. The molecular formula is C21H26N4O3. The molecule has 3 rings (SSSR count). The molecule has 0 atom stereocenters. The summed E-state index contributed by atoms with van der Waals surface area (Å²) in [7, 11) is 0. The molecule has 2 heterocycles. The summed E-state index contributed by atoms with van der Waals surface area (Å²) in [5.41, 5.74) is 0.996. The van der Waals surface area contributed by atoms with E-state index in [2.05, 4.69) is 14.9 Å². The van der Waals surface area contributed by atoms with E-state index in [0.717, 1.165) is 18.7 Å². The molecule has 1 aromatic heterocycles. The van der Waals surface area contributed by atoms with Gasteiger partial charge in [0.25, 0.3) is 0 Å². The van der Waals surface area contributed by atoms with Crippen molar-refractivity contribution in [1.29, 1.82) is 0 Å². The maximum Gasteiger partial charge on any atom is 0.325 e. The predicted octanol–water partition coefficient (Wildman–Crippen LogP) is 2.28. The Kier molecular flexibility index (Phi) is 6.94. The number of ether oxygens (including phenoxy) is 1. The quantitative estimate of drug-likeness (QED) is 0.684. The van der Waals surface area contributed by atoms with Crippen molar-refractivity contribution in [3.05, 3.63) is 54.4 Å². The number of anilines is 1. The molecule has 7 heteroatoms. The summed E-state index contributed by atoms with van der Waals surface area (Å²) >= 11 is 0. The molecule has 1 amide bonds. The highest BCUT2D eigenvalue weighted by molar-refractivity contribution is 5.84. The van der Waals surface area contributed by atoms with Crippen LogP contribution in [0.15, 0.2) is 48.8 Å². The SMILES string of the molecule is CCOC(=O)CN(Cc1ccccc1)C(=O)C1CCN(c2ncccn2)CC1. The Morgan fingerprint density at radius 2 is 1.79 bits per heavy atom. The van der Waals surface area contributed by atoms with Gasteiger partial charge in [0.15, 0.2) is 0 Å². The van der Waals surface area contributed by atoms with Crippen molar-refractivity contribution < 1.29 is 14.3 Å². The number of benzene rings is 1. The first-order valence-electron chi connectivity index (χ1n) is 9.67. The van der Waals surface area contributed by atoms with Crippen molar-refractivity contribution in [2.75, 3.05) is 31.1 Å². The van der Waals surface area contributed by atoms with Crippen LogP contribution in [-0.4, -0.2) is 53.0 Å². The number of hydrogen-bond acceptors (Lipinski definition) is 6. The average molecular weight is 382 g/mol. The number of rotatable bonds is 7. The number of carbonyl (C=O) groups excluding carboxylic acids is 2. The van der Waals surface area contributed by atoms with Crippen LogP contribution in [0, 0.1) is 5.92 Å². The van der Waals surface area contributed by atoms with E-state index in [4.69, 9.17) is 4.74 Å². The molecular weight excluding hydrogens is 356 g/mol. The summed E-state index contributed by atoms with van der Waals surface area (Å²) in [6.07, 6.45) is 4.87. The van der Waals surface area contributed by atoms with E-state index in [9.17, 15) is 9.59 Å². The molecule has 0 N–H and O–H groups in total. The molecule has 148 valence electrons. The number of amides is 1. The zero-order chi connectivity index (χ0) is 19.8. The summed E-state index contributed by atoms with van der Waals surface area (Å²) in [5, 5.41) is 0. The van der Waals surface area contributed by atoms with Crippen LogP contribution in [0.2, 0.25) is 0 Å². The Bertz CT molecular complexity index is 762. The van der Waals surface area contributed by atoms with Crippen LogP contribution < -0.4 is 4.90 Å². The number of esters is 1. The molecule has 0 bridgehead atoms. The minimum atomic E-state index is -0.373. The van der Waals surface area contributed by atoms with E-state index in [-0.39, 0.29) is 24.3 Å². The smallest absolute Gasteiger partial charge is 0.325 e. The Balaban J connectivity index is 1.64. The van der Waals surface area contributed by atoms with Gasteiger partial charge >= 0.3 is 5.97 Å². The third-order valence-corrected chi connectivity index (χ3v) is 4.83.